The summed E-state index contributed by atoms with van der Waals surface area (Å²) in [7, 11) is 0. The average molecular weight is 383 g/mol. The van der Waals surface area contributed by atoms with Gasteiger partial charge in [-0.25, -0.2) is 0 Å². The maximum atomic E-state index is 12.2. The third-order valence-corrected chi connectivity index (χ3v) is 5.03. The Morgan fingerprint density at radius 3 is 2.39 bits per heavy atom. The number of carbonyl (C=O) groups excluding carboxylic acids is 4. The fourth-order valence-corrected chi connectivity index (χ4v) is 3.25. The van der Waals surface area contributed by atoms with Crippen LogP contribution in [0.1, 0.15) is 53.3 Å². The lowest BCUT2D eigenvalue weighted by Crippen LogP contribution is -2.48. The van der Waals surface area contributed by atoms with Crippen LogP contribution in [0, 0.1) is 17.2 Å². The minimum absolute atomic E-state index is 0.0289. The van der Waals surface area contributed by atoms with E-state index in [2.05, 4.69) is 11.4 Å². The van der Waals surface area contributed by atoms with E-state index in [1.54, 1.807) is 31.2 Å². The highest BCUT2D eigenvalue weighted by atomic mass is 16.5. The van der Waals surface area contributed by atoms with Crippen molar-refractivity contribution in [3.63, 3.8) is 0 Å². The van der Waals surface area contributed by atoms with Gasteiger partial charge in [0.25, 0.3) is 17.7 Å². The van der Waals surface area contributed by atoms with Gasteiger partial charge in [-0.15, -0.1) is 0 Å². The van der Waals surface area contributed by atoms with Crippen molar-refractivity contribution < 1.29 is 23.9 Å². The molecule has 0 radical (unpaired) electrons. The highest BCUT2D eigenvalue weighted by molar-refractivity contribution is 6.21. The molecule has 0 unspecified atom stereocenters. The summed E-state index contributed by atoms with van der Waals surface area (Å²) in [5.41, 5.74) is -0.208. The summed E-state index contributed by atoms with van der Waals surface area (Å²) in [6.07, 6.45) is 1.99. The second-order valence-corrected chi connectivity index (χ2v) is 7.21. The molecule has 0 bridgehead atoms. The van der Waals surface area contributed by atoms with Crippen LogP contribution >= 0.6 is 0 Å². The van der Waals surface area contributed by atoms with E-state index < -0.39 is 24.0 Å². The Labute approximate surface area is 162 Å². The van der Waals surface area contributed by atoms with Gasteiger partial charge in [-0.05, 0) is 44.2 Å². The molecular formula is C20H21N3O5. The third kappa shape index (κ3) is 4.03. The number of benzene rings is 1. The molecule has 1 atom stereocenters. The van der Waals surface area contributed by atoms with Crippen molar-refractivity contribution in [2.24, 2.45) is 5.92 Å². The Bertz CT molecular complexity index is 836. The second-order valence-electron chi connectivity index (χ2n) is 7.21. The lowest BCUT2D eigenvalue weighted by Gasteiger charge is -2.22. The highest BCUT2D eigenvalue weighted by Gasteiger charge is 2.43. The first-order chi connectivity index (χ1) is 13.4. The zero-order chi connectivity index (χ0) is 20.3. The molecule has 8 nitrogen and oxygen atoms in total. The van der Waals surface area contributed by atoms with E-state index in [-0.39, 0.29) is 37.1 Å². The summed E-state index contributed by atoms with van der Waals surface area (Å²) in [6, 6.07) is 8.67. The van der Waals surface area contributed by atoms with Crippen LogP contribution in [0.4, 0.5) is 0 Å². The number of amides is 3. The fraction of sp³-hybridized carbons (Fsp3) is 0.450. The minimum Gasteiger partial charge on any atom is -0.456 e. The first-order valence-corrected chi connectivity index (χ1v) is 9.19. The predicted molar refractivity (Wildman–Crippen MR) is 96.9 cm³/mol. The summed E-state index contributed by atoms with van der Waals surface area (Å²) in [4.78, 5) is 49.3. The Balaban J connectivity index is 1.40. The lowest BCUT2D eigenvalue weighted by atomic mass is 9.98. The van der Waals surface area contributed by atoms with Crippen molar-refractivity contribution in [3.8, 4) is 6.07 Å². The van der Waals surface area contributed by atoms with E-state index >= 15 is 0 Å². The number of nitriles is 1. The molecule has 1 aromatic carbocycles. The van der Waals surface area contributed by atoms with Crippen molar-refractivity contribution in [1.82, 2.24) is 10.2 Å². The summed E-state index contributed by atoms with van der Waals surface area (Å²) in [5, 5.41) is 11.8. The van der Waals surface area contributed by atoms with Gasteiger partial charge < -0.3 is 10.1 Å². The Morgan fingerprint density at radius 1 is 1.25 bits per heavy atom. The van der Waals surface area contributed by atoms with Gasteiger partial charge in [0, 0.05) is 13.0 Å². The summed E-state index contributed by atoms with van der Waals surface area (Å²) < 4.78 is 4.93. The molecule has 2 aliphatic rings. The zero-order valence-electron chi connectivity index (χ0n) is 15.6. The van der Waals surface area contributed by atoms with Crippen LogP contribution in [0.3, 0.4) is 0 Å². The number of carbonyl (C=O) groups is 4. The molecule has 3 amide bonds. The molecule has 28 heavy (non-hydrogen) atoms. The molecule has 0 aromatic heterocycles. The maximum absolute atomic E-state index is 12.2. The number of imide groups is 1. The van der Waals surface area contributed by atoms with Gasteiger partial charge in [-0.2, -0.15) is 5.26 Å². The number of hydrogen-bond acceptors (Lipinski definition) is 6. The minimum atomic E-state index is -0.936. The summed E-state index contributed by atoms with van der Waals surface area (Å²) in [5.74, 6) is -1.73. The maximum Gasteiger partial charge on any atom is 0.306 e. The van der Waals surface area contributed by atoms with Gasteiger partial charge in [0.2, 0.25) is 0 Å². The van der Waals surface area contributed by atoms with Crippen LogP contribution in [0.25, 0.3) is 0 Å². The molecule has 8 heteroatoms. The summed E-state index contributed by atoms with van der Waals surface area (Å²) >= 11 is 0. The van der Waals surface area contributed by atoms with E-state index in [1.807, 2.05) is 0 Å². The molecule has 0 spiro atoms. The summed E-state index contributed by atoms with van der Waals surface area (Å²) in [6.45, 7) is 1.30. The molecule has 1 fully saturated rings. The van der Waals surface area contributed by atoms with Gasteiger partial charge in [-0.3, -0.25) is 24.1 Å². The van der Waals surface area contributed by atoms with Crippen LogP contribution in [0.2, 0.25) is 0 Å². The van der Waals surface area contributed by atoms with E-state index in [0.29, 0.717) is 11.1 Å². The molecule has 3 rings (SSSR count). The van der Waals surface area contributed by atoms with Crippen molar-refractivity contribution >= 4 is 23.7 Å². The van der Waals surface area contributed by atoms with Gasteiger partial charge in [0.05, 0.1) is 17.2 Å². The number of nitrogens with one attached hydrogen (secondary N) is 1. The Morgan fingerprint density at radius 2 is 1.86 bits per heavy atom. The molecule has 146 valence electrons. The van der Waals surface area contributed by atoms with Gasteiger partial charge in [0.1, 0.15) is 5.54 Å². The van der Waals surface area contributed by atoms with Gasteiger partial charge in [-0.1, -0.05) is 12.1 Å². The van der Waals surface area contributed by atoms with Crippen molar-refractivity contribution in [1.29, 1.82) is 5.26 Å². The number of fused-ring (bicyclic) bond motifs is 1. The Kier molecular flexibility index (Phi) is 5.45. The quantitative estimate of drug-likeness (QED) is 0.536. The van der Waals surface area contributed by atoms with Crippen molar-refractivity contribution in [2.45, 2.75) is 38.1 Å². The monoisotopic (exact) mass is 383 g/mol. The molecule has 1 N–H and O–H groups in total. The number of nitrogens with zero attached hydrogens (tertiary/aromatic N) is 2. The standard InChI is InChI=1S/C20H21N3O5/c1-20(12-21,13-8-9-13)22-16(24)11-28-17(25)7-4-10-23-18(26)14-5-2-3-6-15(14)19(23)27/h2-3,5-6,13H,4,7-11H2,1H3,(H,22,24)/t20-/m1/s1. The molecule has 1 saturated carbocycles. The smallest absolute Gasteiger partial charge is 0.306 e. The number of rotatable bonds is 8. The highest BCUT2D eigenvalue weighted by Crippen LogP contribution is 2.39. The van der Waals surface area contributed by atoms with E-state index in [4.69, 9.17) is 4.74 Å². The van der Waals surface area contributed by atoms with Gasteiger partial charge in [0.15, 0.2) is 6.61 Å². The zero-order valence-corrected chi connectivity index (χ0v) is 15.6. The van der Waals surface area contributed by atoms with Crippen molar-refractivity contribution in [2.75, 3.05) is 13.2 Å². The van der Waals surface area contributed by atoms with Gasteiger partial charge >= 0.3 is 5.97 Å². The van der Waals surface area contributed by atoms with Crippen LogP contribution in [-0.2, 0) is 14.3 Å². The average Bonchev–Trinajstić information content (AvgIpc) is 3.51. The topological polar surface area (TPSA) is 117 Å². The van der Waals surface area contributed by atoms with E-state index in [9.17, 15) is 24.4 Å². The third-order valence-electron chi connectivity index (χ3n) is 5.03. The Hall–Kier alpha value is -3.21. The largest absolute Gasteiger partial charge is 0.456 e. The first-order valence-electron chi connectivity index (χ1n) is 9.19. The fourth-order valence-electron chi connectivity index (χ4n) is 3.25. The van der Waals surface area contributed by atoms with Crippen LogP contribution in [0.5, 0.6) is 0 Å². The molecule has 1 aromatic rings. The van der Waals surface area contributed by atoms with E-state index in [0.717, 1.165) is 17.7 Å². The molecular weight excluding hydrogens is 362 g/mol. The predicted octanol–water partition coefficient (Wildman–Crippen LogP) is 1.41. The number of esters is 1. The normalized spacial score (nSPS) is 17.5. The number of ether oxygens (including phenoxy) is 1. The van der Waals surface area contributed by atoms with Crippen LogP contribution in [-0.4, -0.2) is 47.3 Å². The van der Waals surface area contributed by atoms with E-state index in [1.165, 1.54) is 0 Å². The molecule has 1 heterocycles. The molecule has 0 saturated heterocycles. The second kappa shape index (κ2) is 7.80. The lowest BCUT2D eigenvalue weighted by molar-refractivity contribution is -0.149. The first kappa shape index (κ1) is 19.5. The molecule has 1 aliphatic heterocycles. The van der Waals surface area contributed by atoms with Crippen molar-refractivity contribution in [3.05, 3.63) is 35.4 Å². The number of hydrogen-bond donors (Lipinski definition) is 1. The molecule has 1 aliphatic carbocycles. The van der Waals surface area contributed by atoms with Crippen LogP contribution < -0.4 is 5.32 Å². The SMILES string of the molecule is C[C@](C#N)(NC(=O)COC(=O)CCCN1C(=O)c2ccccc2C1=O)C1CC1. The van der Waals surface area contributed by atoms with Crippen LogP contribution in [0.15, 0.2) is 24.3 Å².